The Labute approximate surface area is 260 Å². The Balaban J connectivity index is 1.19. The topological polar surface area (TPSA) is 51.8 Å². The van der Waals surface area contributed by atoms with Crippen LogP contribution in [0.1, 0.15) is 1.37 Å². The van der Waals surface area contributed by atoms with Gasteiger partial charge >= 0.3 is 0 Å². The van der Waals surface area contributed by atoms with Crippen molar-refractivity contribution in [2.24, 2.45) is 0 Å². The predicted octanol–water partition coefficient (Wildman–Crippen LogP) is 10.7. The Kier molecular flexibility index (Phi) is 5.54. The van der Waals surface area contributed by atoms with Gasteiger partial charge in [0.2, 0.25) is 0 Å². The van der Waals surface area contributed by atoms with E-state index in [1.54, 1.807) is 6.07 Å². The molecule has 2 aromatic heterocycles. The van der Waals surface area contributed by atoms with Crippen molar-refractivity contribution >= 4 is 43.5 Å². The van der Waals surface area contributed by atoms with Gasteiger partial charge in [0.15, 0.2) is 17.5 Å². The van der Waals surface area contributed by atoms with Crippen molar-refractivity contribution in [1.29, 1.82) is 0 Å². The largest absolute Gasteiger partial charge is 0.456 e. The molecule has 0 saturated heterocycles. The highest BCUT2D eigenvalue weighted by Crippen LogP contribution is 2.37. The van der Waals surface area contributed by atoms with Crippen LogP contribution in [0.5, 0.6) is 0 Å². The van der Waals surface area contributed by atoms with Gasteiger partial charge in [0.1, 0.15) is 11.2 Å². The summed E-state index contributed by atoms with van der Waals surface area (Å²) in [5, 5.41) is 6.48. The summed E-state index contributed by atoms with van der Waals surface area (Å²) in [5.74, 6) is 1.74. The van der Waals surface area contributed by atoms with Gasteiger partial charge in [-0.3, -0.25) is 0 Å². The summed E-state index contributed by atoms with van der Waals surface area (Å²) in [7, 11) is 0. The summed E-state index contributed by atoms with van der Waals surface area (Å²) >= 11 is 0. The molecule has 210 valence electrons. The molecule has 4 heteroatoms. The van der Waals surface area contributed by atoms with Gasteiger partial charge in [0.05, 0.1) is 1.37 Å². The van der Waals surface area contributed by atoms with Gasteiger partial charge in [-0.1, -0.05) is 121 Å². The number of hydrogen-bond donors (Lipinski definition) is 0. The van der Waals surface area contributed by atoms with Crippen molar-refractivity contribution in [2.45, 2.75) is 0 Å². The van der Waals surface area contributed by atoms with E-state index in [0.29, 0.717) is 23.5 Å². The molecule has 0 N–H and O–H groups in total. The molecule has 0 aliphatic carbocycles. The monoisotopic (exact) mass is 576 g/mol. The number of furan rings is 1. The number of nitrogens with zero attached hydrogens (tertiary/aromatic N) is 3. The third-order valence-corrected chi connectivity index (χ3v) is 8.43. The van der Waals surface area contributed by atoms with Gasteiger partial charge in [-0.25, -0.2) is 15.0 Å². The second kappa shape index (κ2) is 10.2. The summed E-state index contributed by atoms with van der Waals surface area (Å²) < 4.78 is 14.4. The Hall–Kier alpha value is -6.13. The Bertz CT molecular complexity index is 2610. The van der Waals surface area contributed by atoms with Crippen LogP contribution in [-0.2, 0) is 0 Å². The molecule has 0 aliphatic heterocycles. The van der Waals surface area contributed by atoms with E-state index in [1.807, 2.05) is 60.7 Å². The van der Waals surface area contributed by atoms with E-state index in [1.165, 1.54) is 21.9 Å². The predicted molar refractivity (Wildman–Crippen MR) is 184 cm³/mol. The summed E-state index contributed by atoms with van der Waals surface area (Å²) in [6.07, 6.45) is 0. The van der Waals surface area contributed by atoms with Crippen molar-refractivity contribution in [3.05, 3.63) is 152 Å². The Morgan fingerprint density at radius 3 is 1.82 bits per heavy atom. The molecular weight excluding hydrogens is 550 g/mol. The van der Waals surface area contributed by atoms with Crippen LogP contribution in [0.25, 0.3) is 88.8 Å². The molecule has 0 saturated carbocycles. The molecule has 0 amide bonds. The zero-order chi connectivity index (χ0) is 30.6. The molecule has 45 heavy (non-hydrogen) atoms. The van der Waals surface area contributed by atoms with Gasteiger partial charge in [-0.05, 0) is 63.0 Å². The minimum Gasteiger partial charge on any atom is -0.456 e. The van der Waals surface area contributed by atoms with E-state index in [-0.39, 0.29) is 0 Å². The van der Waals surface area contributed by atoms with Gasteiger partial charge in [-0.2, -0.15) is 0 Å². The van der Waals surface area contributed by atoms with Gasteiger partial charge < -0.3 is 4.42 Å². The van der Waals surface area contributed by atoms with Crippen molar-refractivity contribution in [3.8, 4) is 45.3 Å². The van der Waals surface area contributed by atoms with Gasteiger partial charge in [0.25, 0.3) is 0 Å². The van der Waals surface area contributed by atoms with E-state index < -0.39 is 0 Å². The zero-order valence-electron chi connectivity index (χ0n) is 25.1. The molecule has 0 bridgehead atoms. The Morgan fingerprint density at radius 1 is 0.422 bits per heavy atom. The first-order valence-corrected chi connectivity index (χ1v) is 14.9. The van der Waals surface area contributed by atoms with Crippen molar-refractivity contribution in [1.82, 2.24) is 15.0 Å². The minimum absolute atomic E-state index is 0.422. The molecule has 7 aromatic carbocycles. The molecule has 0 radical (unpaired) electrons. The van der Waals surface area contributed by atoms with Crippen LogP contribution in [0.15, 0.2) is 156 Å². The van der Waals surface area contributed by atoms with E-state index in [0.717, 1.165) is 49.4 Å². The first-order chi connectivity index (χ1) is 22.7. The summed E-state index contributed by atoms with van der Waals surface area (Å²) in [4.78, 5) is 15.0. The molecule has 0 spiro atoms. The fourth-order valence-electron chi connectivity index (χ4n) is 6.17. The summed E-state index contributed by atoms with van der Waals surface area (Å²) in [6.45, 7) is 0. The molecular formula is C41H25N3O. The highest BCUT2D eigenvalue weighted by Gasteiger charge is 2.17. The van der Waals surface area contributed by atoms with Crippen molar-refractivity contribution in [3.63, 3.8) is 0 Å². The molecule has 9 rings (SSSR count). The molecule has 0 unspecified atom stereocenters. The van der Waals surface area contributed by atoms with Gasteiger partial charge in [-0.15, -0.1) is 0 Å². The second-order valence-corrected chi connectivity index (χ2v) is 11.2. The fraction of sp³-hybridized carbons (Fsp3) is 0. The van der Waals surface area contributed by atoms with Gasteiger partial charge in [0, 0.05) is 27.5 Å². The first-order valence-electron chi connectivity index (χ1n) is 15.4. The first kappa shape index (κ1) is 24.3. The molecule has 9 aromatic rings. The highest BCUT2D eigenvalue weighted by atomic mass is 16.3. The lowest BCUT2D eigenvalue weighted by Gasteiger charge is -2.10. The standard InChI is InChI=1S/C41H25N3O/c1-2-10-27(11-3-1)39-42-40(44-41(43-39)35-14-8-16-37-38(35)34-13-6-7-15-36(34)45-37)33-22-21-31-24-30(19-20-32(31)25-33)29-18-17-26-9-4-5-12-28(26)23-29/h1-25H/i6D. The third kappa shape index (κ3) is 4.43. The molecule has 0 fully saturated rings. The van der Waals surface area contributed by atoms with Crippen molar-refractivity contribution in [2.75, 3.05) is 0 Å². The van der Waals surface area contributed by atoms with E-state index >= 15 is 0 Å². The van der Waals surface area contributed by atoms with Crippen LogP contribution >= 0.6 is 0 Å². The summed E-state index contributed by atoms with van der Waals surface area (Å²) in [5.41, 5.74) is 6.48. The van der Waals surface area contributed by atoms with Crippen LogP contribution in [0.4, 0.5) is 0 Å². The fourth-order valence-corrected chi connectivity index (χ4v) is 6.17. The average molecular weight is 577 g/mol. The number of aromatic nitrogens is 3. The van der Waals surface area contributed by atoms with Crippen LogP contribution < -0.4 is 0 Å². The van der Waals surface area contributed by atoms with E-state index in [9.17, 15) is 0 Å². The van der Waals surface area contributed by atoms with Crippen molar-refractivity contribution < 1.29 is 5.79 Å². The maximum Gasteiger partial charge on any atom is 0.164 e. The normalized spacial score (nSPS) is 11.9. The quantitative estimate of drug-likeness (QED) is 0.209. The molecule has 0 aliphatic rings. The summed E-state index contributed by atoms with van der Waals surface area (Å²) in [6, 6.07) is 49.7. The lowest BCUT2D eigenvalue weighted by atomic mass is 9.98. The lowest BCUT2D eigenvalue weighted by molar-refractivity contribution is 0.669. The molecule has 4 nitrogen and oxygen atoms in total. The van der Waals surface area contributed by atoms with Crippen LogP contribution in [0, 0.1) is 0 Å². The number of rotatable bonds is 4. The molecule has 0 atom stereocenters. The maximum atomic E-state index is 8.24. The third-order valence-electron chi connectivity index (χ3n) is 8.43. The Morgan fingerprint density at radius 2 is 1.02 bits per heavy atom. The van der Waals surface area contributed by atoms with Crippen LogP contribution in [0.3, 0.4) is 0 Å². The lowest BCUT2D eigenvalue weighted by Crippen LogP contribution is -2.00. The van der Waals surface area contributed by atoms with E-state index in [2.05, 4.69) is 78.9 Å². The molecule has 2 heterocycles. The van der Waals surface area contributed by atoms with E-state index in [4.69, 9.17) is 20.7 Å². The second-order valence-electron chi connectivity index (χ2n) is 11.2. The maximum absolute atomic E-state index is 8.24. The number of fused-ring (bicyclic) bond motifs is 5. The number of para-hydroxylation sites is 1. The SMILES string of the molecule is [2H]c1ccc2oc3cccc(-c4nc(-c5ccccc5)nc(-c5ccc6cc(-c7ccc8ccccc8c7)ccc6c5)n4)c3c2c1. The zero-order valence-corrected chi connectivity index (χ0v) is 24.1. The van der Waals surface area contributed by atoms with Crippen LogP contribution in [0.2, 0.25) is 0 Å². The number of benzene rings is 7. The minimum atomic E-state index is 0.422. The smallest absolute Gasteiger partial charge is 0.164 e. The van der Waals surface area contributed by atoms with Crippen LogP contribution in [-0.4, -0.2) is 15.0 Å². The number of hydrogen-bond acceptors (Lipinski definition) is 4. The average Bonchev–Trinajstić information content (AvgIpc) is 3.49. The highest BCUT2D eigenvalue weighted by molar-refractivity contribution is 6.11.